The standard InChI is InChI=1S/C10H18N2O2/c1-8(14-2)10(13)12-6-5-11-4-3-9(12)7-11/h8-9H,3-7H2,1-2H3. The second kappa shape index (κ2) is 3.87. The number of amides is 1. The molecule has 4 heteroatoms. The maximum Gasteiger partial charge on any atom is 0.251 e. The SMILES string of the molecule is COC(C)C(=O)N1CCN2CCC1C2. The number of piperazine rings is 1. The molecule has 0 spiro atoms. The molecule has 2 fully saturated rings. The molecular formula is C10H18N2O2. The summed E-state index contributed by atoms with van der Waals surface area (Å²) in [5, 5.41) is 0. The minimum atomic E-state index is -0.290. The van der Waals surface area contributed by atoms with Crippen LogP contribution in [0.1, 0.15) is 13.3 Å². The fraction of sp³-hybridized carbons (Fsp3) is 0.900. The number of rotatable bonds is 2. The van der Waals surface area contributed by atoms with Gasteiger partial charge in [0, 0.05) is 39.3 Å². The van der Waals surface area contributed by atoms with Gasteiger partial charge in [-0.25, -0.2) is 0 Å². The summed E-state index contributed by atoms with van der Waals surface area (Å²) in [4.78, 5) is 16.3. The normalized spacial score (nSPS) is 33.1. The predicted molar refractivity (Wildman–Crippen MR) is 53.0 cm³/mol. The van der Waals surface area contributed by atoms with Crippen LogP contribution in [-0.4, -0.2) is 61.1 Å². The zero-order chi connectivity index (χ0) is 10.1. The van der Waals surface area contributed by atoms with Crippen LogP contribution in [0.4, 0.5) is 0 Å². The van der Waals surface area contributed by atoms with E-state index in [1.807, 2.05) is 11.8 Å². The number of nitrogens with zero attached hydrogens (tertiary/aromatic N) is 2. The summed E-state index contributed by atoms with van der Waals surface area (Å²) in [7, 11) is 1.59. The Labute approximate surface area is 84.8 Å². The highest BCUT2D eigenvalue weighted by atomic mass is 16.5. The average Bonchev–Trinajstić information content (AvgIpc) is 2.59. The minimum absolute atomic E-state index is 0.152. The largest absolute Gasteiger partial charge is 0.372 e. The Morgan fingerprint density at radius 2 is 2.21 bits per heavy atom. The Morgan fingerprint density at radius 1 is 1.43 bits per heavy atom. The van der Waals surface area contributed by atoms with Crippen molar-refractivity contribution >= 4 is 5.91 Å². The molecule has 2 heterocycles. The van der Waals surface area contributed by atoms with E-state index >= 15 is 0 Å². The third kappa shape index (κ3) is 1.64. The first kappa shape index (κ1) is 9.93. The van der Waals surface area contributed by atoms with Crippen molar-refractivity contribution in [3.05, 3.63) is 0 Å². The van der Waals surface area contributed by atoms with E-state index in [-0.39, 0.29) is 12.0 Å². The van der Waals surface area contributed by atoms with E-state index < -0.39 is 0 Å². The zero-order valence-electron chi connectivity index (χ0n) is 8.90. The molecule has 1 amide bonds. The molecule has 2 rings (SSSR count). The molecule has 14 heavy (non-hydrogen) atoms. The Bertz CT molecular complexity index is 232. The lowest BCUT2D eigenvalue weighted by molar-refractivity contribution is -0.144. The van der Waals surface area contributed by atoms with Crippen LogP contribution in [0.2, 0.25) is 0 Å². The first-order chi connectivity index (χ1) is 6.72. The lowest BCUT2D eigenvalue weighted by Crippen LogP contribution is -2.52. The van der Waals surface area contributed by atoms with Gasteiger partial charge in [0.25, 0.3) is 5.91 Å². The fourth-order valence-electron chi connectivity index (χ4n) is 2.33. The van der Waals surface area contributed by atoms with E-state index in [1.54, 1.807) is 7.11 Å². The van der Waals surface area contributed by atoms with Crippen molar-refractivity contribution < 1.29 is 9.53 Å². The monoisotopic (exact) mass is 198 g/mol. The summed E-state index contributed by atoms with van der Waals surface area (Å²) in [5.74, 6) is 0.152. The summed E-state index contributed by atoms with van der Waals surface area (Å²) in [5.41, 5.74) is 0. The number of hydrogen-bond donors (Lipinski definition) is 0. The van der Waals surface area contributed by atoms with E-state index in [4.69, 9.17) is 4.74 Å². The van der Waals surface area contributed by atoms with Gasteiger partial charge in [-0.2, -0.15) is 0 Å². The molecule has 2 bridgehead atoms. The van der Waals surface area contributed by atoms with Gasteiger partial charge in [-0.05, 0) is 13.3 Å². The van der Waals surface area contributed by atoms with Gasteiger partial charge < -0.3 is 9.64 Å². The highest BCUT2D eigenvalue weighted by Crippen LogP contribution is 2.21. The topological polar surface area (TPSA) is 32.8 Å². The maximum atomic E-state index is 11.9. The molecular weight excluding hydrogens is 180 g/mol. The zero-order valence-corrected chi connectivity index (χ0v) is 8.90. The van der Waals surface area contributed by atoms with Crippen molar-refractivity contribution in [1.29, 1.82) is 0 Å². The highest BCUT2D eigenvalue weighted by Gasteiger charge is 2.36. The number of carbonyl (C=O) groups excluding carboxylic acids is 1. The molecule has 4 nitrogen and oxygen atoms in total. The molecule has 2 saturated heterocycles. The molecule has 0 aromatic heterocycles. The quantitative estimate of drug-likeness (QED) is 0.623. The number of fused-ring (bicyclic) bond motifs is 2. The summed E-state index contributed by atoms with van der Waals surface area (Å²) in [6, 6.07) is 0.439. The lowest BCUT2D eigenvalue weighted by atomic mass is 10.2. The molecule has 0 saturated carbocycles. The van der Waals surface area contributed by atoms with Gasteiger partial charge >= 0.3 is 0 Å². The lowest BCUT2D eigenvalue weighted by Gasteiger charge is -2.35. The van der Waals surface area contributed by atoms with Crippen LogP contribution in [0.15, 0.2) is 0 Å². The fourth-order valence-corrected chi connectivity index (χ4v) is 2.33. The van der Waals surface area contributed by atoms with Gasteiger partial charge in [0.2, 0.25) is 0 Å². The maximum absolute atomic E-state index is 11.9. The van der Waals surface area contributed by atoms with Crippen molar-refractivity contribution in [2.24, 2.45) is 0 Å². The van der Waals surface area contributed by atoms with E-state index in [1.165, 1.54) is 0 Å². The van der Waals surface area contributed by atoms with Crippen LogP contribution in [0, 0.1) is 0 Å². The Kier molecular flexibility index (Phi) is 2.74. The first-order valence-electron chi connectivity index (χ1n) is 5.28. The molecule has 0 radical (unpaired) electrons. The van der Waals surface area contributed by atoms with Crippen molar-refractivity contribution in [2.75, 3.05) is 33.3 Å². The van der Waals surface area contributed by atoms with Gasteiger partial charge in [0.1, 0.15) is 6.10 Å². The molecule has 0 N–H and O–H groups in total. The Hall–Kier alpha value is -0.610. The van der Waals surface area contributed by atoms with Gasteiger partial charge in [-0.15, -0.1) is 0 Å². The van der Waals surface area contributed by atoms with E-state index in [0.717, 1.165) is 32.6 Å². The van der Waals surface area contributed by atoms with Crippen molar-refractivity contribution in [2.45, 2.75) is 25.5 Å². The summed E-state index contributed by atoms with van der Waals surface area (Å²) < 4.78 is 5.07. The third-order valence-corrected chi connectivity index (χ3v) is 3.33. The minimum Gasteiger partial charge on any atom is -0.372 e. The molecule has 0 aliphatic carbocycles. The van der Waals surface area contributed by atoms with Crippen LogP contribution in [0.25, 0.3) is 0 Å². The average molecular weight is 198 g/mol. The van der Waals surface area contributed by atoms with Crippen LogP contribution < -0.4 is 0 Å². The molecule has 0 aromatic rings. The summed E-state index contributed by atoms with van der Waals surface area (Å²) in [6.45, 7) is 5.93. The molecule has 3 unspecified atom stereocenters. The number of carbonyl (C=O) groups is 1. The molecule has 80 valence electrons. The van der Waals surface area contributed by atoms with E-state index in [9.17, 15) is 4.79 Å². The first-order valence-corrected chi connectivity index (χ1v) is 5.28. The smallest absolute Gasteiger partial charge is 0.251 e. The van der Waals surface area contributed by atoms with Crippen LogP contribution in [-0.2, 0) is 9.53 Å². The molecule has 3 atom stereocenters. The van der Waals surface area contributed by atoms with E-state index in [2.05, 4.69) is 4.90 Å². The summed E-state index contributed by atoms with van der Waals surface area (Å²) >= 11 is 0. The summed E-state index contributed by atoms with van der Waals surface area (Å²) in [6.07, 6.45) is 0.837. The second-order valence-electron chi connectivity index (χ2n) is 4.15. The number of methoxy groups -OCH3 is 1. The van der Waals surface area contributed by atoms with Crippen molar-refractivity contribution in [3.63, 3.8) is 0 Å². The van der Waals surface area contributed by atoms with Crippen LogP contribution in [0.3, 0.4) is 0 Å². The van der Waals surface area contributed by atoms with Gasteiger partial charge in [0.05, 0.1) is 0 Å². The van der Waals surface area contributed by atoms with Crippen LogP contribution >= 0.6 is 0 Å². The number of ether oxygens (including phenoxy) is 1. The van der Waals surface area contributed by atoms with Crippen molar-refractivity contribution in [3.8, 4) is 0 Å². The van der Waals surface area contributed by atoms with Gasteiger partial charge in [0.15, 0.2) is 0 Å². The Balaban J connectivity index is 2.00. The third-order valence-electron chi connectivity index (χ3n) is 3.33. The number of hydrogen-bond acceptors (Lipinski definition) is 3. The van der Waals surface area contributed by atoms with Gasteiger partial charge in [-0.3, -0.25) is 9.69 Å². The van der Waals surface area contributed by atoms with E-state index in [0.29, 0.717) is 6.04 Å². The van der Waals surface area contributed by atoms with Gasteiger partial charge in [-0.1, -0.05) is 0 Å². The molecule has 2 aliphatic heterocycles. The second-order valence-corrected chi connectivity index (χ2v) is 4.15. The Morgan fingerprint density at radius 3 is 2.93 bits per heavy atom. The molecule has 2 aliphatic rings. The molecule has 0 aromatic carbocycles. The van der Waals surface area contributed by atoms with Crippen molar-refractivity contribution in [1.82, 2.24) is 9.80 Å². The highest BCUT2D eigenvalue weighted by molar-refractivity contribution is 5.81. The van der Waals surface area contributed by atoms with Crippen LogP contribution in [0.5, 0.6) is 0 Å². The predicted octanol–water partition coefficient (Wildman–Crippen LogP) is -0.0622.